The van der Waals surface area contributed by atoms with Gasteiger partial charge in [0.15, 0.2) is 5.96 Å². The lowest BCUT2D eigenvalue weighted by Gasteiger charge is -2.17. The molecule has 0 bridgehead atoms. The van der Waals surface area contributed by atoms with Crippen molar-refractivity contribution >= 4 is 17.6 Å². The van der Waals surface area contributed by atoms with E-state index in [0.29, 0.717) is 35.9 Å². The third-order valence-electron chi connectivity index (χ3n) is 4.21. The molecule has 3 rings (SSSR count). The Hall–Kier alpha value is -2.20. The maximum Gasteiger partial charge on any atom is 0.191 e. The average molecular weight is 344 g/mol. The van der Waals surface area contributed by atoms with E-state index in [0.717, 1.165) is 11.1 Å². The Bertz CT molecular complexity index is 728. The number of halogens is 1. The molecule has 0 aromatic heterocycles. The molecule has 24 heavy (non-hydrogen) atoms. The van der Waals surface area contributed by atoms with Crippen LogP contribution in [0.1, 0.15) is 24.0 Å². The second kappa shape index (κ2) is 7.58. The fraction of sp³-hybridized carbons (Fsp3) is 0.316. The highest BCUT2D eigenvalue weighted by molar-refractivity contribution is 6.32. The molecule has 0 saturated heterocycles. The smallest absolute Gasteiger partial charge is 0.191 e. The number of guanidine groups is 1. The van der Waals surface area contributed by atoms with E-state index >= 15 is 0 Å². The normalized spacial score (nSPS) is 14.5. The van der Waals surface area contributed by atoms with Crippen molar-refractivity contribution in [3.8, 4) is 5.75 Å². The number of aliphatic imine (C=N–C) groups is 1. The highest BCUT2D eigenvalue weighted by Gasteiger charge is 2.27. The Morgan fingerprint density at radius 3 is 2.54 bits per heavy atom. The van der Waals surface area contributed by atoms with Gasteiger partial charge in [-0.2, -0.15) is 0 Å². The first kappa shape index (κ1) is 16.7. The van der Waals surface area contributed by atoms with E-state index in [2.05, 4.69) is 16.0 Å². The predicted octanol–water partition coefficient (Wildman–Crippen LogP) is 3.83. The van der Waals surface area contributed by atoms with Gasteiger partial charge in [0, 0.05) is 13.1 Å². The van der Waals surface area contributed by atoms with Gasteiger partial charge in [-0.1, -0.05) is 48.0 Å². The Balaban J connectivity index is 1.66. The molecule has 1 fully saturated rings. The van der Waals surface area contributed by atoms with Gasteiger partial charge in [0.1, 0.15) is 12.4 Å². The molecule has 5 heteroatoms. The molecule has 0 amide bonds. The van der Waals surface area contributed by atoms with Crippen LogP contribution in [0.25, 0.3) is 0 Å². The third-order valence-corrected chi connectivity index (χ3v) is 4.52. The number of hydrogen-bond donors (Lipinski definition) is 1. The number of hydrogen-bond acceptors (Lipinski definition) is 2. The van der Waals surface area contributed by atoms with Crippen molar-refractivity contribution in [3.63, 3.8) is 0 Å². The lowest BCUT2D eigenvalue weighted by Crippen LogP contribution is -2.35. The van der Waals surface area contributed by atoms with Gasteiger partial charge in [-0.3, -0.25) is 0 Å². The summed E-state index contributed by atoms with van der Waals surface area (Å²) in [7, 11) is 2.00. The largest absolute Gasteiger partial charge is 0.487 e. The molecule has 1 aliphatic carbocycles. The monoisotopic (exact) mass is 343 g/mol. The first-order valence-electron chi connectivity index (χ1n) is 8.12. The third kappa shape index (κ3) is 4.20. The zero-order chi connectivity index (χ0) is 16.9. The Labute approximate surface area is 147 Å². The van der Waals surface area contributed by atoms with Gasteiger partial charge < -0.3 is 15.4 Å². The van der Waals surface area contributed by atoms with Crippen LogP contribution in [0.3, 0.4) is 0 Å². The maximum absolute atomic E-state index is 6.13. The molecule has 2 aromatic rings. The van der Waals surface area contributed by atoms with Gasteiger partial charge in [-0.15, -0.1) is 0 Å². The molecular formula is C19H22ClN3O. The lowest BCUT2D eigenvalue weighted by molar-refractivity contribution is 0.305. The second-order valence-corrected chi connectivity index (χ2v) is 6.41. The summed E-state index contributed by atoms with van der Waals surface area (Å²) in [5.74, 6) is 1.28. The summed E-state index contributed by atoms with van der Waals surface area (Å²) in [6.07, 6.45) is 2.41. The second-order valence-electron chi connectivity index (χ2n) is 6.00. The molecule has 0 radical (unpaired) electrons. The molecule has 2 aromatic carbocycles. The standard InChI is InChI=1S/C19H22ClN3O/c1-23(16-10-11-16)19(21)22-12-14-6-2-3-7-15(14)13-24-18-9-5-4-8-17(18)20/h2-9,16H,10-13H2,1H3,(H2,21,22). The molecule has 0 atom stereocenters. The zero-order valence-corrected chi connectivity index (χ0v) is 14.5. The van der Waals surface area contributed by atoms with Crippen LogP contribution in [-0.2, 0) is 13.2 Å². The van der Waals surface area contributed by atoms with Gasteiger partial charge in [0.05, 0.1) is 11.6 Å². The van der Waals surface area contributed by atoms with E-state index < -0.39 is 0 Å². The van der Waals surface area contributed by atoms with Crippen molar-refractivity contribution in [3.05, 3.63) is 64.7 Å². The van der Waals surface area contributed by atoms with Crippen LogP contribution in [0.15, 0.2) is 53.5 Å². The molecule has 0 spiro atoms. The summed E-state index contributed by atoms with van der Waals surface area (Å²) in [5.41, 5.74) is 8.26. The quantitative estimate of drug-likeness (QED) is 0.640. The van der Waals surface area contributed by atoms with E-state index in [1.54, 1.807) is 0 Å². The van der Waals surface area contributed by atoms with E-state index in [9.17, 15) is 0 Å². The predicted molar refractivity (Wildman–Crippen MR) is 98.3 cm³/mol. The van der Waals surface area contributed by atoms with E-state index in [1.807, 2.05) is 49.5 Å². The van der Waals surface area contributed by atoms with E-state index in [-0.39, 0.29) is 0 Å². The topological polar surface area (TPSA) is 50.8 Å². The molecule has 0 aliphatic heterocycles. The van der Waals surface area contributed by atoms with Gasteiger partial charge in [-0.05, 0) is 36.1 Å². The van der Waals surface area contributed by atoms with Crippen LogP contribution in [0.4, 0.5) is 0 Å². The highest BCUT2D eigenvalue weighted by Crippen LogP contribution is 2.26. The number of para-hydroxylation sites is 1. The fourth-order valence-corrected chi connectivity index (χ4v) is 2.69. The van der Waals surface area contributed by atoms with Crippen LogP contribution in [-0.4, -0.2) is 23.9 Å². The van der Waals surface area contributed by atoms with Crippen LogP contribution < -0.4 is 10.5 Å². The Morgan fingerprint density at radius 2 is 1.83 bits per heavy atom. The number of benzene rings is 2. The molecule has 0 unspecified atom stereocenters. The molecule has 1 aliphatic rings. The molecule has 126 valence electrons. The van der Waals surface area contributed by atoms with Gasteiger partial charge >= 0.3 is 0 Å². The van der Waals surface area contributed by atoms with Gasteiger partial charge in [0.2, 0.25) is 0 Å². The van der Waals surface area contributed by atoms with Crippen LogP contribution >= 0.6 is 11.6 Å². The summed E-state index contributed by atoms with van der Waals surface area (Å²) >= 11 is 6.13. The minimum atomic E-state index is 0.452. The van der Waals surface area contributed by atoms with Crippen LogP contribution in [0, 0.1) is 0 Å². The Kier molecular flexibility index (Phi) is 5.26. The van der Waals surface area contributed by atoms with E-state index in [1.165, 1.54) is 12.8 Å². The number of nitrogens with zero attached hydrogens (tertiary/aromatic N) is 2. The summed E-state index contributed by atoms with van der Waals surface area (Å²) < 4.78 is 5.84. The summed E-state index contributed by atoms with van der Waals surface area (Å²) in [4.78, 5) is 6.59. The van der Waals surface area contributed by atoms with Crippen LogP contribution in [0.2, 0.25) is 5.02 Å². The average Bonchev–Trinajstić information content (AvgIpc) is 3.44. The minimum absolute atomic E-state index is 0.452. The molecular weight excluding hydrogens is 322 g/mol. The lowest BCUT2D eigenvalue weighted by atomic mass is 10.1. The fourth-order valence-electron chi connectivity index (χ4n) is 2.50. The van der Waals surface area contributed by atoms with Gasteiger partial charge in [-0.25, -0.2) is 4.99 Å². The molecule has 4 nitrogen and oxygen atoms in total. The SMILES string of the molecule is CN(C(N)=NCc1ccccc1COc1ccccc1Cl)C1CC1. The molecule has 0 heterocycles. The van der Waals surface area contributed by atoms with Crippen molar-refractivity contribution in [1.29, 1.82) is 0 Å². The van der Waals surface area contributed by atoms with E-state index in [4.69, 9.17) is 22.1 Å². The highest BCUT2D eigenvalue weighted by atomic mass is 35.5. The molecule has 2 N–H and O–H groups in total. The number of nitrogens with two attached hydrogens (primary N) is 1. The minimum Gasteiger partial charge on any atom is -0.487 e. The summed E-state index contributed by atoms with van der Waals surface area (Å²) in [5, 5.41) is 0.614. The van der Waals surface area contributed by atoms with Gasteiger partial charge in [0.25, 0.3) is 0 Å². The summed E-state index contributed by atoms with van der Waals surface area (Å²) in [6, 6.07) is 16.1. The summed E-state index contributed by atoms with van der Waals surface area (Å²) in [6.45, 7) is 0.999. The van der Waals surface area contributed by atoms with Crippen molar-refractivity contribution in [2.75, 3.05) is 7.05 Å². The maximum atomic E-state index is 6.13. The van der Waals surface area contributed by atoms with Crippen molar-refractivity contribution < 1.29 is 4.74 Å². The number of ether oxygens (including phenoxy) is 1. The first-order valence-corrected chi connectivity index (χ1v) is 8.50. The first-order chi connectivity index (χ1) is 11.6. The zero-order valence-electron chi connectivity index (χ0n) is 13.8. The van der Waals surface area contributed by atoms with Crippen molar-refractivity contribution in [2.24, 2.45) is 10.7 Å². The number of rotatable bonds is 6. The van der Waals surface area contributed by atoms with Crippen LogP contribution in [0.5, 0.6) is 5.75 Å². The Morgan fingerprint density at radius 1 is 1.17 bits per heavy atom. The van der Waals surface area contributed by atoms with Crippen molar-refractivity contribution in [2.45, 2.75) is 32.0 Å². The van der Waals surface area contributed by atoms with Crippen molar-refractivity contribution in [1.82, 2.24) is 4.90 Å². The molecule has 1 saturated carbocycles.